The van der Waals surface area contributed by atoms with E-state index in [4.69, 9.17) is 30.8 Å². The van der Waals surface area contributed by atoms with Crippen LogP contribution in [0.3, 0.4) is 0 Å². The van der Waals surface area contributed by atoms with Crippen molar-refractivity contribution in [1.29, 1.82) is 0 Å². The average Bonchev–Trinajstić information content (AvgIpc) is 3.32. The molecule has 4 heterocycles. The fourth-order valence-electron chi connectivity index (χ4n) is 4.85. The zero-order chi connectivity index (χ0) is 31.5. The molecule has 0 aliphatic carbocycles. The summed E-state index contributed by atoms with van der Waals surface area (Å²) in [5.74, 6) is 0.480. The molecule has 3 aromatic rings. The molecule has 43 heavy (non-hydrogen) atoms. The number of ether oxygens (including phenoxy) is 3. The molecule has 0 radical (unpaired) electrons. The van der Waals surface area contributed by atoms with Crippen LogP contribution in [0, 0.1) is 6.92 Å². The van der Waals surface area contributed by atoms with Gasteiger partial charge in [0.05, 0.1) is 17.6 Å². The molecule has 0 aromatic carbocycles. The zero-order valence-corrected chi connectivity index (χ0v) is 26.9. The summed E-state index contributed by atoms with van der Waals surface area (Å²) in [7, 11) is 1.84. The van der Waals surface area contributed by atoms with Crippen LogP contribution in [0.5, 0.6) is 5.75 Å². The molecule has 12 heteroatoms. The van der Waals surface area contributed by atoms with Gasteiger partial charge in [0.15, 0.2) is 5.75 Å². The lowest BCUT2D eigenvalue weighted by Crippen LogP contribution is -2.41. The Balaban J connectivity index is 1.59. The van der Waals surface area contributed by atoms with E-state index < -0.39 is 17.3 Å². The van der Waals surface area contributed by atoms with Gasteiger partial charge in [-0.1, -0.05) is 11.6 Å². The first-order valence-electron chi connectivity index (χ1n) is 14.3. The predicted molar refractivity (Wildman–Crippen MR) is 164 cm³/mol. The summed E-state index contributed by atoms with van der Waals surface area (Å²) in [4.78, 5) is 36.3. The minimum absolute atomic E-state index is 0.0792. The van der Waals surface area contributed by atoms with Crippen molar-refractivity contribution in [3.8, 4) is 16.9 Å². The lowest BCUT2D eigenvalue weighted by atomic mass is 9.92. The van der Waals surface area contributed by atoms with Crippen molar-refractivity contribution in [2.45, 2.75) is 85.0 Å². The van der Waals surface area contributed by atoms with E-state index in [1.54, 1.807) is 42.7 Å². The normalized spacial score (nSPS) is 14.4. The summed E-state index contributed by atoms with van der Waals surface area (Å²) in [5.41, 5.74) is 2.99. The molecule has 3 aromatic heterocycles. The quantitative estimate of drug-likeness (QED) is 0.299. The van der Waals surface area contributed by atoms with Gasteiger partial charge in [-0.15, -0.1) is 0 Å². The number of pyridine rings is 2. The van der Waals surface area contributed by atoms with Gasteiger partial charge in [0.1, 0.15) is 23.0 Å². The van der Waals surface area contributed by atoms with E-state index in [9.17, 15) is 9.59 Å². The van der Waals surface area contributed by atoms with E-state index in [1.165, 1.54) is 0 Å². The van der Waals surface area contributed by atoms with Crippen molar-refractivity contribution in [2.24, 2.45) is 7.05 Å². The molecule has 2 amide bonds. The third-order valence-electron chi connectivity index (χ3n) is 6.74. The second-order valence-electron chi connectivity index (χ2n) is 12.7. The number of likely N-dealkylation sites (tertiary alicyclic amines) is 1. The van der Waals surface area contributed by atoms with Gasteiger partial charge in [-0.05, 0) is 79.0 Å². The first-order valence-corrected chi connectivity index (χ1v) is 14.7. The molecule has 4 rings (SSSR count). The van der Waals surface area contributed by atoms with Gasteiger partial charge >= 0.3 is 12.2 Å². The largest absolute Gasteiger partial charge is 0.485 e. The molecule has 11 nitrogen and oxygen atoms in total. The molecular weight excluding hydrogens is 572 g/mol. The smallest absolute Gasteiger partial charge is 0.412 e. The number of amides is 2. The monoisotopic (exact) mass is 612 g/mol. The Morgan fingerprint density at radius 1 is 1.09 bits per heavy atom. The number of nitrogens with zero attached hydrogens (tertiary/aromatic N) is 5. The molecule has 1 N–H and O–H groups in total. The van der Waals surface area contributed by atoms with Crippen LogP contribution in [0.4, 0.5) is 15.3 Å². The average molecular weight is 613 g/mol. The van der Waals surface area contributed by atoms with Gasteiger partial charge in [0.25, 0.3) is 0 Å². The Kier molecular flexibility index (Phi) is 9.54. The zero-order valence-electron chi connectivity index (χ0n) is 26.2. The van der Waals surface area contributed by atoms with Gasteiger partial charge < -0.3 is 19.1 Å². The van der Waals surface area contributed by atoms with E-state index in [2.05, 4.69) is 15.4 Å². The summed E-state index contributed by atoms with van der Waals surface area (Å²) < 4.78 is 19.1. The first kappa shape index (κ1) is 32.1. The Bertz CT molecular complexity index is 1470. The molecule has 0 saturated carbocycles. The molecule has 1 aliphatic heterocycles. The highest BCUT2D eigenvalue weighted by Crippen LogP contribution is 2.37. The Morgan fingerprint density at radius 3 is 2.37 bits per heavy atom. The second-order valence-corrected chi connectivity index (χ2v) is 13.1. The molecule has 0 unspecified atom stereocenters. The molecule has 232 valence electrons. The van der Waals surface area contributed by atoms with Gasteiger partial charge in [0.2, 0.25) is 0 Å². The van der Waals surface area contributed by atoms with Gasteiger partial charge in [0, 0.05) is 55.3 Å². The van der Waals surface area contributed by atoms with Crippen LogP contribution in [0.2, 0.25) is 5.15 Å². The topological polar surface area (TPSA) is 121 Å². The standard InChI is InChI=1S/C31H41ClN6O5/c1-19-26(41-18-23-22(9-12-33-27(23)32)21-16-34-37(8)17-21)25(36-28(39)42-30(2,3)4)15-24(35-19)20-10-13-38(14-11-20)29(40)43-31(5,6)7/h9,12,15-17,20H,10-11,13-14,18H2,1-8H3,(H,35,36,39). The van der Waals surface area contributed by atoms with Crippen molar-refractivity contribution in [1.82, 2.24) is 24.6 Å². The highest BCUT2D eigenvalue weighted by molar-refractivity contribution is 6.30. The van der Waals surface area contributed by atoms with Crippen LogP contribution in [0.15, 0.2) is 30.7 Å². The highest BCUT2D eigenvalue weighted by Gasteiger charge is 2.29. The maximum absolute atomic E-state index is 12.9. The minimum Gasteiger partial charge on any atom is -0.485 e. The minimum atomic E-state index is -0.688. The number of halogens is 1. The number of aryl methyl sites for hydroxylation is 2. The summed E-state index contributed by atoms with van der Waals surface area (Å²) in [5, 5.41) is 7.44. The molecule has 1 fully saturated rings. The van der Waals surface area contributed by atoms with Crippen LogP contribution < -0.4 is 10.1 Å². The lowest BCUT2D eigenvalue weighted by Gasteiger charge is -2.33. The van der Waals surface area contributed by atoms with Crippen molar-refractivity contribution in [3.63, 3.8) is 0 Å². The van der Waals surface area contributed by atoms with Crippen LogP contribution in [0.1, 0.15) is 77.3 Å². The SMILES string of the molecule is Cc1nc(C2CCN(C(=O)OC(C)(C)C)CC2)cc(NC(=O)OC(C)(C)C)c1OCc1c(-c2cnn(C)c2)ccnc1Cl. The first-order chi connectivity index (χ1) is 20.1. The fourth-order valence-corrected chi connectivity index (χ4v) is 5.06. The molecule has 0 atom stereocenters. The number of aromatic nitrogens is 4. The summed E-state index contributed by atoms with van der Waals surface area (Å²) in [6, 6.07) is 3.69. The number of rotatable bonds is 6. The molecule has 1 aliphatic rings. The van der Waals surface area contributed by atoms with Gasteiger partial charge in [-0.2, -0.15) is 5.10 Å². The van der Waals surface area contributed by atoms with Crippen molar-refractivity contribution < 1.29 is 23.8 Å². The van der Waals surface area contributed by atoms with Crippen molar-refractivity contribution in [3.05, 3.63) is 52.8 Å². The predicted octanol–water partition coefficient (Wildman–Crippen LogP) is 6.88. The van der Waals surface area contributed by atoms with E-state index in [1.807, 2.05) is 53.1 Å². The number of hydrogen-bond donors (Lipinski definition) is 1. The van der Waals surface area contributed by atoms with Crippen molar-refractivity contribution >= 4 is 29.5 Å². The lowest BCUT2D eigenvalue weighted by molar-refractivity contribution is 0.0203. The number of carbonyl (C=O) groups excluding carboxylic acids is 2. The summed E-state index contributed by atoms with van der Waals surface area (Å²) in [6.45, 7) is 14.0. The van der Waals surface area contributed by atoms with Gasteiger partial charge in [-0.25, -0.2) is 14.6 Å². The maximum atomic E-state index is 12.9. The second kappa shape index (κ2) is 12.8. The number of piperidine rings is 1. The van der Waals surface area contributed by atoms with Crippen molar-refractivity contribution in [2.75, 3.05) is 18.4 Å². The third-order valence-corrected chi connectivity index (χ3v) is 7.07. The van der Waals surface area contributed by atoms with E-state index in [0.29, 0.717) is 53.8 Å². The number of anilines is 1. The van der Waals surface area contributed by atoms with Crippen LogP contribution in [-0.2, 0) is 23.1 Å². The van der Waals surface area contributed by atoms with E-state index >= 15 is 0 Å². The van der Waals surface area contributed by atoms with E-state index in [0.717, 1.165) is 16.8 Å². The van der Waals surface area contributed by atoms with Crippen LogP contribution in [0.25, 0.3) is 11.1 Å². The molecule has 0 bridgehead atoms. The molecule has 0 spiro atoms. The number of hydrogen-bond acceptors (Lipinski definition) is 8. The van der Waals surface area contributed by atoms with Gasteiger partial charge in [-0.3, -0.25) is 15.0 Å². The molecule has 1 saturated heterocycles. The fraction of sp³-hybridized carbons (Fsp3) is 0.516. The highest BCUT2D eigenvalue weighted by atomic mass is 35.5. The maximum Gasteiger partial charge on any atom is 0.412 e. The number of carbonyl (C=O) groups is 2. The Hall–Kier alpha value is -3.86. The molecular formula is C31H41ClN6O5. The Morgan fingerprint density at radius 2 is 1.77 bits per heavy atom. The third kappa shape index (κ3) is 8.59. The number of nitrogens with one attached hydrogen (secondary N) is 1. The summed E-state index contributed by atoms with van der Waals surface area (Å²) in [6.07, 6.45) is 5.77. The summed E-state index contributed by atoms with van der Waals surface area (Å²) >= 11 is 6.52. The van der Waals surface area contributed by atoms with E-state index in [-0.39, 0.29) is 18.6 Å². The Labute approximate surface area is 257 Å². The van der Waals surface area contributed by atoms with Crippen LogP contribution >= 0.6 is 11.6 Å². The van der Waals surface area contributed by atoms with Crippen LogP contribution in [-0.4, -0.2) is 61.1 Å².